The van der Waals surface area contributed by atoms with E-state index in [1.165, 1.54) is 0 Å². The summed E-state index contributed by atoms with van der Waals surface area (Å²) in [6.07, 6.45) is 3.24. The first-order valence-corrected chi connectivity index (χ1v) is 7.87. The lowest BCUT2D eigenvalue weighted by molar-refractivity contribution is 0.0992. The van der Waals surface area contributed by atoms with Crippen molar-refractivity contribution in [2.75, 3.05) is 24.4 Å². The molecule has 0 aliphatic rings. The van der Waals surface area contributed by atoms with Crippen LogP contribution in [0.5, 0.6) is 5.75 Å². The molecule has 1 amide bonds. The molecule has 0 saturated heterocycles. The van der Waals surface area contributed by atoms with Crippen molar-refractivity contribution >= 4 is 23.0 Å². The number of hydrogen-bond donors (Lipinski definition) is 1. The molecule has 1 N–H and O–H groups in total. The number of anilines is 3. The smallest absolute Gasteiger partial charge is 0.259 e. The number of benzene rings is 2. The number of ether oxygens (including phenoxy) is 1. The molecule has 126 valence electrons. The number of rotatable bonds is 5. The summed E-state index contributed by atoms with van der Waals surface area (Å²) in [4.78, 5) is 18.5. The summed E-state index contributed by atoms with van der Waals surface area (Å²) in [7, 11) is 3.37. The Morgan fingerprint density at radius 3 is 2.52 bits per heavy atom. The van der Waals surface area contributed by atoms with Crippen molar-refractivity contribution in [2.24, 2.45) is 0 Å². The van der Waals surface area contributed by atoms with Gasteiger partial charge >= 0.3 is 0 Å². The SMILES string of the molecule is COc1ccccc1Nc1cncc(C(=O)N(C)c2ccccc2)c1. The molecule has 1 aromatic heterocycles. The normalized spacial score (nSPS) is 10.2. The zero-order valence-corrected chi connectivity index (χ0v) is 14.1. The molecule has 25 heavy (non-hydrogen) atoms. The molecule has 0 saturated carbocycles. The van der Waals surface area contributed by atoms with Gasteiger partial charge in [-0.15, -0.1) is 0 Å². The first-order chi connectivity index (χ1) is 12.2. The lowest BCUT2D eigenvalue weighted by atomic mass is 10.2. The van der Waals surface area contributed by atoms with Crippen LogP contribution in [0.3, 0.4) is 0 Å². The first-order valence-electron chi connectivity index (χ1n) is 7.87. The van der Waals surface area contributed by atoms with Gasteiger partial charge in [0.2, 0.25) is 0 Å². The predicted molar refractivity (Wildman–Crippen MR) is 99.7 cm³/mol. The molecule has 0 aliphatic carbocycles. The fourth-order valence-corrected chi connectivity index (χ4v) is 2.49. The Morgan fingerprint density at radius 1 is 1.04 bits per heavy atom. The molecule has 0 bridgehead atoms. The zero-order valence-electron chi connectivity index (χ0n) is 14.1. The van der Waals surface area contributed by atoms with E-state index in [-0.39, 0.29) is 5.91 Å². The molecule has 5 heteroatoms. The number of methoxy groups -OCH3 is 1. The summed E-state index contributed by atoms with van der Waals surface area (Å²) in [6, 6.07) is 18.9. The molecule has 0 atom stereocenters. The van der Waals surface area contributed by atoms with Crippen LogP contribution in [-0.4, -0.2) is 25.0 Å². The van der Waals surface area contributed by atoms with Gasteiger partial charge in [-0.05, 0) is 30.3 Å². The van der Waals surface area contributed by atoms with E-state index < -0.39 is 0 Å². The van der Waals surface area contributed by atoms with Gasteiger partial charge in [0, 0.05) is 18.9 Å². The third-order valence-electron chi connectivity index (χ3n) is 3.82. The highest BCUT2D eigenvalue weighted by Crippen LogP contribution is 2.27. The van der Waals surface area contributed by atoms with Crippen LogP contribution in [0.1, 0.15) is 10.4 Å². The third-order valence-corrected chi connectivity index (χ3v) is 3.82. The van der Waals surface area contributed by atoms with Crippen LogP contribution in [0.15, 0.2) is 73.1 Å². The van der Waals surface area contributed by atoms with Crippen LogP contribution >= 0.6 is 0 Å². The number of aromatic nitrogens is 1. The Morgan fingerprint density at radius 2 is 1.76 bits per heavy atom. The fourth-order valence-electron chi connectivity index (χ4n) is 2.49. The number of para-hydroxylation sites is 3. The number of nitrogens with one attached hydrogen (secondary N) is 1. The molecule has 5 nitrogen and oxygen atoms in total. The van der Waals surface area contributed by atoms with Gasteiger partial charge in [0.05, 0.1) is 30.2 Å². The maximum atomic E-state index is 12.7. The van der Waals surface area contributed by atoms with E-state index in [0.29, 0.717) is 5.56 Å². The highest BCUT2D eigenvalue weighted by molar-refractivity contribution is 6.06. The van der Waals surface area contributed by atoms with E-state index in [4.69, 9.17) is 4.74 Å². The van der Waals surface area contributed by atoms with E-state index in [1.54, 1.807) is 37.5 Å². The second-order valence-corrected chi connectivity index (χ2v) is 5.49. The van der Waals surface area contributed by atoms with Crippen molar-refractivity contribution in [3.63, 3.8) is 0 Å². The highest BCUT2D eigenvalue weighted by atomic mass is 16.5. The Balaban J connectivity index is 1.83. The lowest BCUT2D eigenvalue weighted by Gasteiger charge is -2.17. The molecular formula is C20H19N3O2. The quantitative estimate of drug-likeness (QED) is 0.763. The standard InChI is InChI=1S/C20H19N3O2/c1-23(17-8-4-3-5-9-17)20(24)15-12-16(14-21-13-15)22-18-10-6-7-11-19(18)25-2/h3-14,22H,1-2H3. The van der Waals surface area contributed by atoms with Crippen molar-refractivity contribution < 1.29 is 9.53 Å². The second-order valence-electron chi connectivity index (χ2n) is 5.49. The Labute approximate surface area is 146 Å². The molecular weight excluding hydrogens is 314 g/mol. The maximum absolute atomic E-state index is 12.7. The summed E-state index contributed by atoms with van der Waals surface area (Å²) in [5.41, 5.74) is 2.87. The first kappa shape index (κ1) is 16.5. The van der Waals surface area contributed by atoms with Crippen LogP contribution in [0, 0.1) is 0 Å². The summed E-state index contributed by atoms with van der Waals surface area (Å²) >= 11 is 0. The van der Waals surface area contributed by atoms with Crippen molar-refractivity contribution in [2.45, 2.75) is 0 Å². The number of amides is 1. The van der Waals surface area contributed by atoms with Crippen molar-refractivity contribution in [3.8, 4) is 5.75 Å². The summed E-state index contributed by atoms with van der Waals surface area (Å²) in [5.74, 6) is 0.600. The van der Waals surface area contributed by atoms with Gasteiger partial charge in [-0.3, -0.25) is 9.78 Å². The van der Waals surface area contributed by atoms with Gasteiger partial charge in [0.1, 0.15) is 5.75 Å². The van der Waals surface area contributed by atoms with Gasteiger partial charge in [-0.1, -0.05) is 30.3 Å². The van der Waals surface area contributed by atoms with E-state index in [2.05, 4.69) is 10.3 Å². The molecule has 0 aliphatic heterocycles. The third kappa shape index (κ3) is 3.77. The monoisotopic (exact) mass is 333 g/mol. The maximum Gasteiger partial charge on any atom is 0.259 e. The molecule has 0 fully saturated rings. The van der Waals surface area contributed by atoms with Crippen LogP contribution in [-0.2, 0) is 0 Å². The molecule has 2 aromatic carbocycles. The molecule has 1 heterocycles. The second kappa shape index (κ2) is 7.49. The summed E-state index contributed by atoms with van der Waals surface area (Å²) in [5, 5.41) is 3.24. The lowest BCUT2D eigenvalue weighted by Crippen LogP contribution is -2.26. The number of hydrogen-bond acceptors (Lipinski definition) is 4. The van der Waals surface area contributed by atoms with E-state index in [0.717, 1.165) is 22.8 Å². The molecule has 0 radical (unpaired) electrons. The summed E-state index contributed by atoms with van der Waals surface area (Å²) in [6.45, 7) is 0. The van der Waals surface area contributed by atoms with Gasteiger partial charge in [0.25, 0.3) is 5.91 Å². The van der Waals surface area contributed by atoms with E-state index in [1.807, 2.05) is 54.6 Å². The van der Waals surface area contributed by atoms with Gasteiger partial charge in [-0.25, -0.2) is 0 Å². The van der Waals surface area contributed by atoms with E-state index >= 15 is 0 Å². The van der Waals surface area contributed by atoms with Crippen molar-refractivity contribution in [1.82, 2.24) is 4.98 Å². The largest absolute Gasteiger partial charge is 0.495 e. The van der Waals surface area contributed by atoms with Crippen LogP contribution in [0.2, 0.25) is 0 Å². The van der Waals surface area contributed by atoms with Crippen LogP contribution in [0.25, 0.3) is 0 Å². The average Bonchev–Trinajstić information content (AvgIpc) is 2.68. The van der Waals surface area contributed by atoms with Gasteiger partial charge in [0.15, 0.2) is 0 Å². The molecule has 0 unspecified atom stereocenters. The topological polar surface area (TPSA) is 54.5 Å². The number of nitrogens with zero attached hydrogens (tertiary/aromatic N) is 2. The van der Waals surface area contributed by atoms with Gasteiger partial charge < -0.3 is 15.0 Å². The Kier molecular flexibility index (Phi) is 4.95. The van der Waals surface area contributed by atoms with Gasteiger partial charge in [-0.2, -0.15) is 0 Å². The molecule has 3 rings (SSSR count). The highest BCUT2D eigenvalue weighted by Gasteiger charge is 2.14. The minimum absolute atomic E-state index is 0.123. The average molecular weight is 333 g/mol. The Hall–Kier alpha value is -3.34. The van der Waals surface area contributed by atoms with E-state index in [9.17, 15) is 4.79 Å². The van der Waals surface area contributed by atoms with Crippen molar-refractivity contribution in [1.29, 1.82) is 0 Å². The van der Waals surface area contributed by atoms with Crippen LogP contribution in [0.4, 0.5) is 17.1 Å². The van der Waals surface area contributed by atoms with Crippen molar-refractivity contribution in [3.05, 3.63) is 78.6 Å². The number of carbonyl (C=O) groups is 1. The predicted octanol–water partition coefficient (Wildman–Crippen LogP) is 4.11. The number of carbonyl (C=O) groups excluding carboxylic acids is 1. The Bertz CT molecular complexity index is 866. The zero-order chi connectivity index (χ0) is 17.6. The fraction of sp³-hybridized carbons (Fsp3) is 0.100. The summed E-state index contributed by atoms with van der Waals surface area (Å²) < 4.78 is 5.33. The van der Waals surface area contributed by atoms with Crippen LogP contribution < -0.4 is 15.0 Å². The minimum atomic E-state index is -0.123. The molecule has 0 spiro atoms. The minimum Gasteiger partial charge on any atom is -0.495 e. The number of pyridine rings is 1. The molecule has 3 aromatic rings.